The Hall–Kier alpha value is -3.09. The first-order chi connectivity index (χ1) is 14.6. The zero-order chi connectivity index (χ0) is 21.3. The van der Waals surface area contributed by atoms with Crippen LogP contribution in [0.5, 0.6) is 5.75 Å². The highest BCUT2D eigenvalue weighted by Gasteiger charge is 2.22. The van der Waals surface area contributed by atoms with Crippen molar-refractivity contribution in [2.75, 3.05) is 26.7 Å². The van der Waals surface area contributed by atoms with Gasteiger partial charge < -0.3 is 20.7 Å². The molecule has 0 unspecified atom stereocenters. The average Bonchev–Trinajstić information content (AvgIpc) is 3.57. The number of halogens is 1. The number of benzene rings is 2. The van der Waals surface area contributed by atoms with E-state index in [0.29, 0.717) is 31.5 Å². The van der Waals surface area contributed by atoms with E-state index < -0.39 is 11.7 Å². The molecule has 0 radical (unpaired) electrons. The molecule has 7 heteroatoms. The van der Waals surface area contributed by atoms with E-state index in [0.717, 1.165) is 23.5 Å². The van der Waals surface area contributed by atoms with Gasteiger partial charge in [0.15, 0.2) is 5.96 Å². The van der Waals surface area contributed by atoms with Crippen LogP contribution in [0, 0.1) is 18.7 Å². The Balaban J connectivity index is 1.43. The summed E-state index contributed by atoms with van der Waals surface area (Å²) in [6.45, 7) is 4.19. The van der Waals surface area contributed by atoms with Gasteiger partial charge in [-0.25, -0.2) is 4.39 Å². The molecule has 1 fully saturated rings. The summed E-state index contributed by atoms with van der Waals surface area (Å²) in [5, 5.41) is 9.10. The van der Waals surface area contributed by atoms with Gasteiger partial charge >= 0.3 is 0 Å². The molecule has 1 saturated carbocycles. The molecule has 160 valence electrons. The third kappa shape index (κ3) is 6.47. The van der Waals surface area contributed by atoms with Crippen molar-refractivity contribution in [1.82, 2.24) is 16.0 Å². The second-order valence-electron chi connectivity index (χ2n) is 7.45. The molecule has 0 atom stereocenters. The lowest BCUT2D eigenvalue weighted by Gasteiger charge is -2.15. The summed E-state index contributed by atoms with van der Waals surface area (Å²) in [4.78, 5) is 16.2. The van der Waals surface area contributed by atoms with Gasteiger partial charge in [0.05, 0.1) is 12.2 Å². The van der Waals surface area contributed by atoms with E-state index in [9.17, 15) is 9.18 Å². The summed E-state index contributed by atoms with van der Waals surface area (Å²) >= 11 is 0. The van der Waals surface area contributed by atoms with Crippen LogP contribution in [0.1, 0.15) is 34.3 Å². The standard InChI is InChI=1S/C23H29FN4O2/c1-16-7-10-18(21(13-16)30-15-17-8-9-17)14-28-23(25-2)27-12-11-26-22(29)19-5-3-4-6-20(19)24/h3-7,10,13,17H,8-9,11-12,14-15H2,1-2H3,(H,26,29)(H2,25,27,28). The summed E-state index contributed by atoms with van der Waals surface area (Å²) in [7, 11) is 1.69. The van der Waals surface area contributed by atoms with Crippen LogP contribution in [0.3, 0.4) is 0 Å². The number of carbonyl (C=O) groups excluding carboxylic acids is 1. The fourth-order valence-corrected chi connectivity index (χ4v) is 2.93. The van der Waals surface area contributed by atoms with Gasteiger partial charge in [-0.15, -0.1) is 0 Å². The Bertz CT molecular complexity index is 897. The van der Waals surface area contributed by atoms with Gasteiger partial charge in [-0.05, 0) is 49.4 Å². The van der Waals surface area contributed by atoms with Crippen molar-refractivity contribution in [3.63, 3.8) is 0 Å². The predicted molar refractivity (Wildman–Crippen MR) is 116 cm³/mol. The van der Waals surface area contributed by atoms with Crippen molar-refractivity contribution in [3.05, 3.63) is 65.0 Å². The predicted octanol–water partition coefficient (Wildman–Crippen LogP) is 3.02. The smallest absolute Gasteiger partial charge is 0.254 e. The van der Waals surface area contributed by atoms with Gasteiger partial charge in [-0.2, -0.15) is 0 Å². The molecule has 3 rings (SSSR count). The molecule has 6 nitrogen and oxygen atoms in total. The van der Waals surface area contributed by atoms with E-state index in [1.807, 2.05) is 0 Å². The van der Waals surface area contributed by atoms with E-state index >= 15 is 0 Å². The van der Waals surface area contributed by atoms with Crippen molar-refractivity contribution < 1.29 is 13.9 Å². The van der Waals surface area contributed by atoms with Crippen molar-refractivity contribution in [2.24, 2.45) is 10.9 Å². The monoisotopic (exact) mass is 412 g/mol. The fraction of sp³-hybridized carbons (Fsp3) is 0.391. The molecular weight excluding hydrogens is 383 g/mol. The molecule has 30 heavy (non-hydrogen) atoms. The first kappa shape index (κ1) is 21.6. The summed E-state index contributed by atoms with van der Waals surface area (Å²) < 4.78 is 19.6. The van der Waals surface area contributed by atoms with Gasteiger partial charge in [0.25, 0.3) is 5.91 Å². The number of nitrogens with zero attached hydrogens (tertiary/aromatic N) is 1. The van der Waals surface area contributed by atoms with Crippen LogP contribution in [0.15, 0.2) is 47.5 Å². The third-order valence-corrected chi connectivity index (χ3v) is 4.89. The number of aliphatic imine (C=N–C) groups is 1. The zero-order valence-electron chi connectivity index (χ0n) is 17.5. The summed E-state index contributed by atoms with van der Waals surface area (Å²) in [6, 6.07) is 12.1. The summed E-state index contributed by atoms with van der Waals surface area (Å²) in [6.07, 6.45) is 2.51. The van der Waals surface area contributed by atoms with Crippen LogP contribution < -0.4 is 20.7 Å². The number of ether oxygens (including phenoxy) is 1. The van der Waals surface area contributed by atoms with E-state index in [2.05, 4.69) is 46.1 Å². The molecule has 0 aromatic heterocycles. The molecule has 0 aliphatic heterocycles. The maximum Gasteiger partial charge on any atom is 0.254 e. The van der Waals surface area contributed by atoms with Crippen molar-refractivity contribution >= 4 is 11.9 Å². The molecule has 1 amide bonds. The van der Waals surface area contributed by atoms with Gasteiger partial charge in [0, 0.05) is 32.2 Å². The highest BCUT2D eigenvalue weighted by Crippen LogP contribution is 2.30. The minimum Gasteiger partial charge on any atom is -0.493 e. The van der Waals surface area contributed by atoms with Gasteiger partial charge in [0.1, 0.15) is 11.6 Å². The minimum absolute atomic E-state index is 0.0399. The van der Waals surface area contributed by atoms with Crippen molar-refractivity contribution in [3.8, 4) is 5.75 Å². The summed E-state index contributed by atoms with van der Waals surface area (Å²) in [5.41, 5.74) is 2.27. The molecule has 0 spiro atoms. The quantitative estimate of drug-likeness (QED) is 0.336. The highest BCUT2D eigenvalue weighted by molar-refractivity contribution is 5.94. The van der Waals surface area contributed by atoms with E-state index in [1.165, 1.54) is 25.0 Å². The van der Waals surface area contributed by atoms with Crippen LogP contribution in [0.2, 0.25) is 0 Å². The van der Waals surface area contributed by atoms with Crippen LogP contribution in [0.25, 0.3) is 0 Å². The second kappa shape index (κ2) is 10.6. The van der Waals surface area contributed by atoms with Gasteiger partial charge in [-0.3, -0.25) is 9.79 Å². The lowest BCUT2D eigenvalue weighted by Crippen LogP contribution is -2.41. The van der Waals surface area contributed by atoms with E-state index in [4.69, 9.17) is 4.74 Å². The molecule has 3 N–H and O–H groups in total. The largest absolute Gasteiger partial charge is 0.493 e. The number of hydrogen-bond acceptors (Lipinski definition) is 3. The maximum absolute atomic E-state index is 13.6. The molecule has 2 aromatic rings. The topological polar surface area (TPSA) is 74.8 Å². The molecule has 0 bridgehead atoms. The van der Waals surface area contributed by atoms with Crippen LogP contribution in [-0.2, 0) is 6.54 Å². The first-order valence-electron chi connectivity index (χ1n) is 10.3. The van der Waals surface area contributed by atoms with Gasteiger partial charge in [0.2, 0.25) is 0 Å². The molecule has 0 heterocycles. The minimum atomic E-state index is -0.529. The number of guanidine groups is 1. The normalized spacial score (nSPS) is 13.6. The van der Waals surface area contributed by atoms with Crippen LogP contribution >= 0.6 is 0 Å². The Morgan fingerprint density at radius 2 is 1.90 bits per heavy atom. The van der Waals surface area contributed by atoms with Gasteiger partial charge in [-0.1, -0.05) is 24.3 Å². The van der Waals surface area contributed by atoms with E-state index in [-0.39, 0.29) is 5.56 Å². The Morgan fingerprint density at radius 3 is 2.63 bits per heavy atom. The second-order valence-corrected chi connectivity index (χ2v) is 7.45. The molecule has 1 aliphatic carbocycles. The fourth-order valence-electron chi connectivity index (χ4n) is 2.93. The van der Waals surface area contributed by atoms with Crippen molar-refractivity contribution in [2.45, 2.75) is 26.3 Å². The van der Waals surface area contributed by atoms with Crippen molar-refractivity contribution in [1.29, 1.82) is 0 Å². The Morgan fingerprint density at radius 1 is 1.13 bits per heavy atom. The molecular formula is C23H29FN4O2. The van der Waals surface area contributed by atoms with Crippen LogP contribution in [-0.4, -0.2) is 38.6 Å². The van der Waals surface area contributed by atoms with E-state index in [1.54, 1.807) is 19.2 Å². The number of hydrogen-bond donors (Lipinski definition) is 3. The lowest BCUT2D eigenvalue weighted by atomic mass is 10.1. The number of carbonyl (C=O) groups is 1. The zero-order valence-corrected chi connectivity index (χ0v) is 17.5. The SMILES string of the molecule is CN=C(NCCNC(=O)c1ccccc1F)NCc1ccc(C)cc1OCC1CC1. The molecule has 0 saturated heterocycles. The molecule has 2 aromatic carbocycles. The number of amides is 1. The third-order valence-electron chi connectivity index (χ3n) is 4.89. The number of aryl methyl sites for hydroxylation is 1. The maximum atomic E-state index is 13.6. The number of rotatable bonds is 9. The lowest BCUT2D eigenvalue weighted by molar-refractivity contribution is 0.0950. The Labute approximate surface area is 176 Å². The summed E-state index contributed by atoms with van der Waals surface area (Å²) in [5.74, 6) is 1.25. The highest BCUT2D eigenvalue weighted by atomic mass is 19.1. The van der Waals surface area contributed by atoms with Crippen LogP contribution in [0.4, 0.5) is 4.39 Å². The average molecular weight is 413 g/mol. The Kier molecular flexibility index (Phi) is 7.65. The molecule has 1 aliphatic rings. The first-order valence-corrected chi connectivity index (χ1v) is 10.3. The number of nitrogens with one attached hydrogen (secondary N) is 3.